The largest absolute Gasteiger partial charge is 0.337 e. The minimum atomic E-state index is -3.79. The van der Waals surface area contributed by atoms with Crippen molar-refractivity contribution in [3.8, 4) is 0 Å². The molecule has 0 bridgehead atoms. The fraction of sp³-hybridized carbons (Fsp3) is 0.611. The van der Waals surface area contributed by atoms with E-state index in [1.165, 1.54) is 24.1 Å². The number of nitrogens with zero attached hydrogens (tertiary/aromatic N) is 2. The van der Waals surface area contributed by atoms with Gasteiger partial charge in [0.15, 0.2) is 9.84 Å². The Morgan fingerprint density at radius 2 is 1.81 bits per heavy atom. The second-order valence-corrected chi connectivity index (χ2v) is 11.8. The van der Waals surface area contributed by atoms with E-state index in [0.29, 0.717) is 13.0 Å². The Balaban J connectivity index is 2.17. The maximum atomic E-state index is 12.8. The predicted molar refractivity (Wildman–Crippen MR) is 105 cm³/mol. The molecular weight excluding hydrogens is 388 g/mol. The van der Waals surface area contributed by atoms with Crippen LogP contribution in [0.5, 0.6) is 0 Å². The Bertz CT molecular complexity index is 877. The summed E-state index contributed by atoms with van der Waals surface area (Å²) in [6.45, 7) is 5.83. The smallest absolute Gasteiger partial charge is 0.243 e. The molecule has 9 heteroatoms. The van der Waals surface area contributed by atoms with Gasteiger partial charge in [-0.05, 0) is 31.4 Å². The fourth-order valence-corrected chi connectivity index (χ4v) is 5.98. The minimum absolute atomic E-state index is 0.0557. The highest BCUT2D eigenvalue weighted by molar-refractivity contribution is 7.91. The third kappa shape index (κ3) is 5.52. The van der Waals surface area contributed by atoms with Gasteiger partial charge in [-0.25, -0.2) is 16.8 Å². The van der Waals surface area contributed by atoms with Gasteiger partial charge >= 0.3 is 0 Å². The van der Waals surface area contributed by atoms with E-state index in [0.717, 1.165) is 9.87 Å². The van der Waals surface area contributed by atoms with Gasteiger partial charge in [-0.3, -0.25) is 4.79 Å². The van der Waals surface area contributed by atoms with Gasteiger partial charge in [0.05, 0.1) is 22.9 Å². The molecule has 1 amide bonds. The number of amides is 1. The van der Waals surface area contributed by atoms with E-state index in [1.54, 1.807) is 12.1 Å². The molecule has 2 rings (SSSR count). The molecule has 1 atom stereocenters. The maximum absolute atomic E-state index is 12.8. The first-order valence-corrected chi connectivity index (χ1v) is 12.2. The van der Waals surface area contributed by atoms with Crippen LogP contribution in [0.3, 0.4) is 0 Å². The molecule has 0 aliphatic carbocycles. The van der Waals surface area contributed by atoms with Crippen LogP contribution in [-0.2, 0) is 24.7 Å². The molecule has 152 valence electrons. The predicted octanol–water partition coefficient (Wildman–Crippen LogP) is 1.29. The first-order valence-electron chi connectivity index (χ1n) is 8.95. The van der Waals surface area contributed by atoms with Crippen LogP contribution < -0.4 is 0 Å². The zero-order valence-corrected chi connectivity index (χ0v) is 17.9. The summed E-state index contributed by atoms with van der Waals surface area (Å²) in [5.74, 6) is -0.211. The number of carbonyl (C=O) groups excluding carboxylic acids is 1. The summed E-state index contributed by atoms with van der Waals surface area (Å²) in [5, 5.41) is 0. The molecule has 1 aromatic carbocycles. The van der Waals surface area contributed by atoms with Gasteiger partial charge in [0.25, 0.3) is 0 Å². The van der Waals surface area contributed by atoms with Crippen molar-refractivity contribution >= 4 is 25.8 Å². The van der Waals surface area contributed by atoms with E-state index in [9.17, 15) is 21.6 Å². The van der Waals surface area contributed by atoms with Crippen molar-refractivity contribution in [1.29, 1.82) is 0 Å². The first-order chi connectivity index (χ1) is 12.4. The van der Waals surface area contributed by atoms with Crippen LogP contribution in [-0.4, -0.2) is 69.6 Å². The minimum Gasteiger partial charge on any atom is -0.337 e. The molecule has 0 unspecified atom stereocenters. The van der Waals surface area contributed by atoms with Crippen molar-refractivity contribution in [3.05, 3.63) is 29.8 Å². The van der Waals surface area contributed by atoms with Crippen molar-refractivity contribution in [2.75, 3.05) is 31.6 Å². The van der Waals surface area contributed by atoms with Crippen LogP contribution in [0.1, 0.15) is 25.8 Å². The lowest BCUT2D eigenvalue weighted by Crippen LogP contribution is -2.48. The zero-order valence-electron chi connectivity index (χ0n) is 16.3. The number of hydrogen-bond acceptors (Lipinski definition) is 5. The highest BCUT2D eigenvalue weighted by atomic mass is 32.2. The van der Waals surface area contributed by atoms with Gasteiger partial charge in [-0.2, -0.15) is 4.31 Å². The Kier molecular flexibility index (Phi) is 6.70. The number of sulfonamides is 1. The highest BCUT2D eigenvalue weighted by Crippen LogP contribution is 2.21. The van der Waals surface area contributed by atoms with Crippen molar-refractivity contribution in [1.82, 2.24) is 9.21 Å². The quantitative estimate of drug-likeness (QED) is 0.668. The molecule has 0 radical (unpaired) electrons. The van der Waals surface area contributed by atoms with Gasteiger partial charge in [0.2, 0.25) is 15.9 Å². The number of sulfone groups is 1. The molecule has 1 aromatic rings. The molecule has 1 fully saturated rings. The molecule has 7 nitrogen and oxygen atoms in total. The zero-order chi connectivity index (χ0) is 20.4. The molecule has 1 aliphatic heterocycles. The van der Waals surface area contributed by atoms with E-state index in [1.807, 2.05) is 20.8 Å². The highest BCUT2D eigenvalue weighted by Gasteiger charge is 2.36. The number of hydrogen-bond donors (Lipinski definition) is 0. The van der Waals surface area contributed by atoms with Gasteiger partial charge in [0, 0.05) is 19.6 Å². The molecule has 0 saturated carbocycles. The van der Waals surface area contributed by atoms with E-state index in [2.05, 4.69) is 0 Å². The Morgan fingerprint density at radius 1 is 1.22 bits per heavy atom. The summed E-state index contributed by atoms with van der Waals surface area (Å²) >= 11 is 0. The summed E-state index contributed by atoms with van der Waals surface area (Å²) in [6, 6.07) is 6.05. The summed E-state index contributed by atoms with van der Waals surface area (Å²) in [5.41, 5.74) is 0.943. The molecular formula is C18H28N2O5S2. The standard InChI is InChI=1S/C18H28N2O5S2/c1-14(2)11-20(16-9-10-26(22,23)13-16)18(21)12-19(4)27(24,25)17-7-5-15(3)6-8-17/h5-8,14,16H,9-13H2,1-4H3/t16-/m0/s1. The number of benzene rings is 1. The van der Waals surface area contributed by atoms with E-state index >= 15 is 0 Å². The summed E-state index contributed by atoms with van der Waals surface area (Å²) < 4.78 is 50.0. The molecule has 1 heterocycles. The fourth-order valence-electron chi connectivity index (χ4n) is 3.13. The van der Waals surface area contributed by atoms with Crippen LogP contribution >= 0.6 is 0 Å². The van der Waals surface area contributed by atoms with Crippen molar-refractivity contribution in [2.24, 2.45) is 5.92 Å². The number of likely N-dealkylation sites (N-methyl/N-ethyl adjacent to an activating group) is 1. The second-order valence-electron chi connectivity index (χ2n) is 7.57. The van der Waals surface area contributed by atoms with E-state index < -0.39 is 19.9 Å². The Hall–Kier alpha value is -1.45. The van der Waals surface area contributed by atoms with Crippen molar-refractivity contribution in [2.45, 2.75) is 38.1 Å². The van der Waals surface area contributed by atoms with Crippen molar-refractivity contribution in [3.63, 3.8) is 0 Å². The third-order valence-corrected chi connectivity index (χ3v) is 8.19. The number of rotatable bonds is 7. The maximum Gasteiger partial charge on any atom is 0.243 e. The molecule has 1 saturated heterocycles. The van der Waals surface area contributed by atoms with Gasteiger partial charge in [0.1, 0.15) is 0 Å². The van der Waals surface area contributed by atoms with E-state index in [4.69, 9.17) is 0 Å². The molecule has 1 aliphatic rings. The summed E-state index contributed by atoms with van der Waals surface area (Å²) in [7, 11) is -5.56. The van der Waals surface area contributed by atoms with Crippen LogP contribution in [0.25, 0.3) is 0 Å². The second kappa shape index (κ2) is 8.28. The molecule has 0 N–H and O–H groups in total. The normalized spacial score (nSPS) is 19.6. The molecule has 27 heavy (non-hydrogen) atoms. The van der Waals surface area contributed by atoms with Gasteiger partial charge in [-0.1, -0.05) is 31.5 Å². The van der Waals surface area contributed by atoms with Gasteiger partial charge in [-0.15, -0.1) is 0 Å². The van der Waals surface area contributed by atoms with Gasteiger partial charge < -0.3 is 4.90 Å². The average Bonchev–Trinajstić information content (AvgIpc) is 2.92. The SMILES string of the molecule is Cc1ccc(S(=O)(=O)N(C)CC(=O)N(CC(C)C)[C@H]2CCS(=O)(=O)C2)cc1. The average molecular weight is 417 g/mol. The first kappa shape index (κ1) is 21.8. The lowest BCUT2D eigenvalue weighted by Gasteiger charge is -2.31. The lowest BCUT2D eigenvalue weighted by molar-refractivity contribution is -0.133. The van der Waals surface area contributed by atoms with Crippen molar-refractivity contribution < 1.29 is 21.6 Å². The monoisotopic (exact) mass is 416 g/mol. The Morgan fingerprint density at radius 3 is 2.30 bits per heavy atom. The molecule has 0 spiro atoms. The van der Waals surface area contributed by atoms with Crippen LogP contribution in [0, 0.1) is 12.8 Å². The lowest BCUT2D eigenvalue weighted by atomic mass is 10.1. The topological polar surface area (TPSA) is 91.8 Å². The van der Waals surface area contributed by atoms with Crippen LogP contribution in [0.15, 0.2) is 29.2 Å². The Labute approximate surface area is 162 Å². The van der Waals surface area contributed by atoms with Crippen LogP contribution in [0.2, 0.25) is 0 Å². The summed E-state index contributed by atoms with van der Waals surface area (Å²) in [6.07, 6.45) is 0.398. The van der Waals surface area contributed by atoms with Crippen LogP contribution in [0.4, 0.5) is 0 Å². The number of aryl methyl sites for hydroxylation is 1. The van der Waals surface area contributed by atoms with E-state index in [-0.39, 0.29) is 40.8 Å². The third-order valence-electron chi connectivity index (χ3n) is 4.62. The number of carbonyl (C=O) groups is 1. The summed E-state index contributed by atoms with van der Waals surface area (Å²) in [4.78, 5) is 14.5. The molecule has 0 aromatic heterocycles.